The number of rotatable bonds is 3. The summed E-state index contributed by atoms with van der Waals surface area (Å²) in [6.07, 6.45) is 4.64. The quantitative estimate of drug-likeness (QED) is 0.832. The molecule has 7 heteroatoms. The predicted molar refractivity (Wildman–Crippen MR) is 77.7 cm³/mol. The third-order valence-corrected chi connectivity index (χ3v) is 5.76. The van der Waals surface area contributed by atoms with Gasteiger partial charge in [-0.2, -0.15) is 0 Å². The maximum Gasteiger partial charge on any atom is 0.326 e. The van der Waals surface area contributed by atoms with Crippen molar-refractivity contribution in [2.24, 2.45) is 5.92 Å². The lowest BCUT2D eigenvalue weighted by Gasteiger charge is -2.33. The van der Waals surface area contributed by atoms with Crippen LogP contribution < -0.4 is 0 Å². The van der Waals surface area contributed by atoms with Crippen LogP contribution in [0.25, 0.3) is 0 Å². The molecule has 2 heterocycles. The van der Waals surface area contributed by atoms with Gasteiger partial charge in [-0.1, -0.05) is 12.8 Å². The number of fused-ring (bicyclic) bond motifs is 1. The van der Waals surface area contributed by atoms with Crippen molar-refractivity contribution in [3.63, 3.8) is 0 Å². The Hall–Kier alpha value is -1.24. The number of hydrogen-bond donors (Lipinski definition) is 1. The third kappa shape index (κ3) is 2.75. The van der Waals surface area contributed by atoms with Crippen molar-refractivity contribution in [1.82, 2.24) is 9.80 Å². The highest BCUT2D eigenvalue weighted by Gasteiger charge is 2.47. The molecule has 0 aromatic rings. The standard InChI is InChI=1S/C14H20N2O4S/c17-12(6-15-8-21-7-13(15)18)16-10-4-2-1-3-9(10)5-11(16)14(19)20/h9-11H,1-8H2,(H,19,20)/t9-,10+,11+/m1/s1. The highest BCUT2D eigenvalue weighted by Crippen LogP contribution is 2.40. The maximum absolute atomic E-state index is 12.6. The molecule has 3 rings (SSSR count). The van der Waals surface area contributed by atoms with E-state index in [1.165, 1.54) is 16.7 Å². The van der Waals surface area contributed by atoms with Crippen LogP contribution >= 0.6 is 11.8 Å². The molecule has 0 radical (unpaired) electrons. The number of carbonyl (C=O) groups excluding carboxylic acids is 2. The van der Waals surface area contributed by atoms with Crippen LogP contribution in [0.15, 0.2) is 0 Å². The molecule has 3 fully saturated rings. The van der Waals surface area contributed by atoms with Gasteiger partial charge in [0.1, 0.15) is 12.6 Å². The van der Waals surface area contributed by atoms with Gasteiger partial charge in [-0.05, 0) is 25.2 Å². The predicted octanol–water partition coefficient (Wildman–Crippen LogP) is 0.764. The SMILES string of the molecule is O=C(O)[C@@H]1C[C@H]2CCCC[C@@H]2N1C(=O)CN1CSCC1=O. The zero-order valence-corrected chi connectivity index (χ0v) is 12.7. The van der Waals surface area contributed by atoms with E-state index in [4.69, 9.17) is 0 Å². The lowest BCUT2D eigenvalue weighted by Crippen LogP contribution is -2.50. The largest absolute Gasteiger partial charge is 0.480 e. The molecule has 3 aliphatic rings. The van der Waals surface area contributed by atoms with E-state index in [-0.39, 0.29) is 24.4 Å². The molecule has 6 nitrogen and oxygen atoms in total. The second-order valence-electron chi connectivity index (χ2n) is 6.07. The second-order valence-corrected chi connectivity index (χ2v) is 7.03. The van der Waals surface area contributed by atoms with E-state index >= 15 is 0 Å². The maximum atomic E-state index is 12.6. The molecule has 2 amide bonds. The highest BCUT2D eigenvalue weighted by atomic mass is 32.2. The van der Waals surface area contributed by atoms with Crippen molar-refractivity contribution in [2.75, 3.05) is 18.2 Å². The van der Waals surface area contributed by atoms with Crippen molar-refractivity contribution < 1.29 is 19.5 Å². The number of nitrogens with zero attached hydrogens (tertiary/aromatic N) is 2. The molecule has 1 N–H and O–H groups in total. The van der Waals surface area contributed by atoms with Gasteiger partial charge in [-0.3, -0.25) is 9.59 Å². The molecule has 0 aromatic carbocycles. The average Bonchev–Trinajstić information content (AvgIpc) is 3.03. The molecule has 2 saturated heterocycles. The molecular formula is C14H20N2O4S. The Balaban J connectivity index is 1.74. The van der Waals surface area contributed by atoms with E-state index in [1.807, 2.05) is 0 Å². The fourth-order valence-corrected chi connectivity index (χ4v) is 4.73. The van der Waals surface area contributed by atoms with Crippen LogP contribution in [0, 0.1) is 5.92 Å². The minimum absolute atomic E-state index is 0.0266. The number of thioether (sulfide) groups is 1. The highest BCUT2D eigenvalue weighted by molar-refractivity contribution is 8.00. The van der Waals surface area contributed by atoms with Crippen molar-refractivity contribution >= 4 is 29.5 Å². The Morgan fingerprint density at radius 2 is 2.05 bits per heavy atom. The first kappa shape index (κ1) is 14.7. The van der Waals surface area contributed by atoms with Crippen LogP contribution in [0.2, 0.25) is 0 Å². The van der Waals surface area contributed by atoms with Crippen molar-refractivity contribution in [3.05, 3.63) is 0 Å². The number of likely N-dealkylation sites (tertiary alicyclic amines) is 1. The molecule has 3 atom stereocenters. The van der Waals surface area contributed by atoms with Gasteiger partial charge >= 0.3 is 5.97 Å². The average molecular weight is 312 g/mol. The van der Waals surface area contributed by atoms with Crippen LogP contribution in [0.4, 0.5) is 0 Å². The smallest absolute Gasteiger partial charge is 0.326 e. The summed E-state index contributed by atoms with van der Waals surface area (Å²) in [5, 5.41) is 9.41. The minimum atomic E-state index is -0.917. The topological polar surface area (TPSA) is 77.9 Å². The first-order valence-electron chi connectivity index (χ1n) is 7.47. The van der Waals surface area contributed by atoms with Gasteiger partial charge in [0, 0.05) is 6.04 Å². The molecule has 2 aliphatic heterocycles. The third-order valence-electron chi connectivity index (χ3n) is 4.81. The first-order valence-corrected chi connectivity index (χ1v) is 8.63. The minimum Gasteiger partial charge on any atom is -0.480 e. The summed E-state index contributed by atoms with van der Waals surface area (Å²) in [5.41, 5.74) is 0. The fourth-order valence-electron chi connectivity index (χ4n) is 3.82. The molecule has 0 bridgehead atoms. The van der Waals surface area contributed by atoms with E-state index in [0.717, 1.165) is 25.7 Å². The Morgan fingerprint density at radius 1 is 1.29 bits per heavy atom. The molecular weight excluding hydrogens is 292 g/mol. The Morgan fingerprint density at radius 3 is 2.71 bits per heavy atom. The molecule has 1 aliphatic carbocycles. The number of carbonyl (C=O) groups is 3. The van der Waals surface area contributed by atoms with Crippen molar-refractivity contribution in [2.45, 2.75) is 44.2 Å². The van der Waals surface area contributed by atoms with E-state index in [1.54, 1.807) is 4.90 Å². The molecule has 21 heavy (non-hydrogen) atoms. The van der Waals surface area contributed by atoms with Crippen LogP contribution in [0.3, 0.4) is 0 Å². The van der Waals surface area contributed by atoms with Gasteiger partial charge in [0.05, 0.1) is 11.6 Å². The zero-order chi connectivity index (χ0) is 15.0. The molecule has 116 valence electrons. The van der Waals surface area contributed by atoms with Gasteiger partial charge in [0.15, 0.2) is 0 Å². The summed E-state index contributed by atoms with van der Waals surface area (Å²) in [7, 11) is 0. The van der Waals surface area contributed by atoms with E-state index in [9.17, 15) is 19.5 Å². The van der Waals surface area contributed by atoms with Gasteiger partial charge in [-0.25, -0.2) is 4.79 Å². The Labute approximate surface area is 127 Å². The summed E-state index contributed by atoms with van der Waals surface area (Å²) in [4.78, 5) is 38.8. The molecule has 0 unspecified atom stereocenters. The van der Waals surface area contributed by atoms with Crippen molar-refractivity contribution in [1.29, 1.82) is 0 Å². The number of amides is 2. The van der Waals surface area contributed by atoms with Crippen LogP contribution in [0.1, 0.15) is 32.1 Å². The summed E-state index contributed by atoms with van der Waals surface area (Å²) in [6.45, 7) is 0.0266. The lowest BCUT2D eigenvalue weighted by molar-refractivity contribution is -0.151. The van der Waals surface area contributed by atoms with E-state index in [2.05, 4.69) is 0 Å². The lowest BCUT2D eigenvalue weighted by atomic mass is 9.85. The second kappa shape index (κ2) is 5.87. The van der Waals surface area contributed by atoms with Gasteiger partial charge in [0.25, 0.3) is 0 Å². The van der Waals surface area contributed by atoms with Crippen LogP contribution in [0.5, 0.6) is 0 Å². The number of carboxylic acid groups (broad SMARTS) is 1. The van der Waals surface area contributed by atoms with Gasteiger partial charge in [0.2, 0.25) is 11.8 Å². The van der Waals surface area contributed by atoms with Crippen molar-refractivity contribution in [3.8, 4) is 0 Å². The number of aliphatic carboxylic acids is 1. The van der Waals surface area contributed by atoms with Gasteiger partial charge in [-0.15, -0.1) is 11.8 Å². The first-order chi connectivity index (χ1) is 10.1. The van der Waals surface area contributed by atoms with E-state index < -0.39 is 12.0 Å². The van der Waals surface area contributed by atoms with Gasteiger partial charge < -0.3 is 14.9 Å². The Kier molecular flexibility index (Phi) is 4.10. The monoisotopic (exact) mass is 312 g/mol. The summed E-state index contributed by atoms with van der Waals surface area (Å²) >= 11 is 1.49. The summed E-state index contributed by atoms with van der Waals surface area (Å²) in [6, 6.07) is -0.659. The normalized spacial score (nSPS) is 32.4. The summed E-state index contributed by atoms with van der Waals surface area (Å²) in [5.74, 6) is 0.117. The molecule has 0 spiro atoms. The number of hydrogen-bond acceptors (Lipinski definition) is 4. The molecule has 0 aromatic heterocycles. The van der Waals surface area contributed by atoms with E-state index in [0.29, 0.717) is 24.0 Å². The fraction of sp³-hybridized carbons (Fsp3) is 0.786. The summed E-state index contributed by atoms with van der Waals surface area (Å²) < 4.78 is 0. The molecule has 1 saturated carbocycles. The Bertz CT molecular complexity index is 470. The number of carboxylic acids is 1. The van der Waals surface area contributed by atoms with Crippen LogP contribution in [-0.2, 0) is 14.4 Å². The van der Waals surface area contributed by atoms with Crippen LogP contribution in [-0.4, -0.2) is 62.9 Å². The zero-order valence-electron chi connectivity index (χ0n) is 11.9.